The van der Waals surface area contributed by atoms with Gasteiger partial charge in [0.15, 0.2) is 0 Å². The number of Topliss-reactive ketones (excluding diaryl/α,β-unsaturated/α-hetero) is 1. The van der Waals surface area contributed by atoms with E-state index in [0.29, 0.717) is 0 Å². The van der Waals surface area contributed by atoms with Gasteiger partial charge in [0.2, 0.25) is 0 Å². The molecule has 1 saturated heterocycles. The number of hydrogen-bond acceptors (Lipinski definition) is 4. The number of carboxylic acids is 1. The van der Waals surface area contributed by atoms with E-state index in [2.05, 4.69) is 16.8 Å². The number of likely N-dealkylation sites (N-methyl/N-ethyl adjacent to an activating group) is 1. The number of carbonyl (C=O) groups is 2. The van der Waals surface area contributed by atoms with Crippen LogP contribution >= 0.6 is 0 Å². The molecule has 1 aromatic carbocycles. The number of piperazine rings is 1. The second-order valence-electron chi connectivity index (χ2n) is 4.91. The summed E-state index contributed by atoms with van der Waals surface area (Å²) in [5, 5.41) is 8.63. The van der Waals surface area contributed by atoms with Gasteiger partial charge in [-0.1, -0.05) is 24.3 Å². The maximum Gasteiger partial charge on any atom is 0.377 e. The lowest BCUT2D eigenvalue weighted by Gasteiger charge is -2.32. The number of benzene rings is 1. The molecule has 5 nitrogen and oxygen atoms in total. The average Bonchev–Trinajstić information content (AvgIpc) is 2.41. The smallest absolute Gasteiger partial charge is 0.377 e. The number of aliphatic carboxylic acids is 1. The number of carbonyl (C=O) groups excluding carboxylic acids is 1. The monoisotopic (exact) mass is 262 g/mol. The highest BCUT2D eigenvalue weighted by Gasteiger charge is 2.16. The van der Waals surface area contributed by atoms with Crippen molar-refractivity contribution in [1.82, 2.24) is 9.80 Å². The Morgan fingerprint density at radius 2 is 1.68 bits per heavy atom. The summed E-state index contributed by atoms with van der Waals surface area (Å²) in [4.78, 5) is 26.5. The van der Waals surface area contributed by atoms with Gasteiger partial charge in [-0.25, -0.2) is 4.79 Å². The van der Waals surface area contributed by atoms with Gasteiger partial charge in [-0.3, -0.25) is 9.69 Å². The molecule has 102 valence electrons. The van der Waals surface area contributed by atoms with Crippen molar-refractivity contribution in [3.63, 3.8) is 0 Å². The summed E-state index contributed by atoms with van der Waals surface area (Å²) in [6.45, 7) is 5.04. The number of hydrogen-bond donors (Lipinski definition) is 1. The van der Waals surface area contributed by atoms with Gasteiger partial charge in [0.25, 0.3) is 5.78 Å². The Labute approximate surface area is 112 Å². The second kappa shape index (κ2) is 5.95. The number of ketones is 1. The van der Waals surface area contributed by atoms with E-state index < -0.39 is 11.8 Å². The van der Waals surface area contributed by atoms with Crippen LogP contribution in [0.5, 0.6) is 0 Å². The van der Waals surface area contributed by atoms with Gasteiger partial charge in [-0.2, -0.15) is 0 Å². The molecule has 2 rings (SSSR count). The molecular weight excluding hydrogens is 244 g/mol. The van der Waals surface area contributed by atoms with Crippen molar-refractivity contribution in [1.29, 1.82) is 0 Å². The Hall–Kier alpha value is -1.72. The molecule has 0 aliphatic carbocycles. The lowest BCUT2D eigenvalue weighted by molar-refractivity contribution is -0.131. The van der Waals surface area contributed by atoms with Crippen LogP contribution in [0, 0.1) is 0 Å². The van der Waals surface area contributed by atoms with Gasteiger partial charge in [0.05, 0.1) is 0 Å². The van der Waals surface area contributed by atoms with Crippen LogP contribution in [-0.2, 0) is 11.3 Å². The van der Waals surface area contributed by atoms with Crippen LogP contribution in [0.15, 0.2) is 24.3 Å². The first-order chi connectivity index (χ1) is 9.06. The van der Waals surface area contributed by atoms with E-state index in [-0.39, 0.29) is 5.56 Å². The number of carboxylic acid groups (broad SMARTS) is 1. The summed E-state index contributed by atoms with van der Waals surface area (Å²) >= 11 is 0. The van der Waals surface area contributed by atoms with Gasteiger partial charge in [-0.15, -0.1) is 0 Å². The van der Waals surface area contributed by atoms with Crippen LogP contribution in [0.25, 0.3) is 0 Å². The summed E-state index contributed by atoms with van der Waals surface area (Å²) < 4.78 is 0. The normalized spacial score (nSPS) is 17.3. The zero-order valence-corrected chi connectivity index (χ0v) is 11.0. The Morgan fingerprint density at radius 1 is 1.11 bits per heavy atom. The molecule has 1 fully saturated rings. The molecule has 0 bridgehead atoms. The third kappa shape index (κ3) is 3.62. The van der Waals surface area contributed by atoms with Crippen molar-refractivity contribution in [2.75, 3.05) is 33.2 Å². The molecule has 0 unspecified atom stereocenters. The highest BCUT2D eigenvalue weighted by Crippen LogP contribution is 2.10. The van der Waals surface area contributed by atoms with Crippen LogP contribution in [0.2, 0.25) is 0 Å². The molecule has 1 aromatic rings. The number of nitrogens with zero attached hydrogens (tertiary/aromatic N) is 2. The molecule has 1 aliphatic rings. The number of rotatable bonds is 4. The van der Waals surface area contributed by atoms with Gasteiger partial charge in [0.1, 0.15) is 0 Å². The summed E-state index contributed by atoms with van der Waals surface area (Å²) in [5.74, 6) is -2.27. The third-order valence-electron chi connectivity index (χ3n) is 3.41. The van der Waals surface area contributed by atoms with Crippen LogP contribution in [0.4, 0.5) is 0 Å². The SMILES string of the molecule is CN1CCN(Cc2ccc(C(=O)C(=O)O)cc2)CC1. The lowest BCUT2D eigenvalue weighted by atomic mass is 10.1. The zero-order chi connectivity index (χ0) is 13.8. The summed E-state index contributed by atoms with van der Waals surface area (Å²) in [6.07, 6.45) is 0. The fourth-order valence-electron chi connectivity index (χ4n) is 2.15. The van der Waals surface area contributed by atoms with E-state index in [9.17, 15) is 9.59 Å². The van der Waals surface area contributed by atoms with Crippen LogP contribution in [0.1, 0.15) is 15.9 Å². The van der Waals surface area contributed by atoms with Crippen molar-refractivity contribution in [3.05, 3.63) is 35.4 Å². The standard InChI is InChI=1S/C14H18N2O3/c1-15-6-8-16(9-7-15)10-11-2-4-12(5-3-11)13(17)14(18)19/h2-5H,6-10H2,1H3,(H,18,19). The molecule has 1 heterocycles. The molecule has 5 heteroatoms. The third-order valence-corrected chi connectivity index (χ3v) is 3.41. The van der Waals surface area contributed by atoms with E-state index in [0.717, 1.165) is 38.3 Å². The van der Waals surface area contributed by atoms with Crippen LogP contribution in [-0.4, -0.2) is 59.9 Å². The van der Waals surface area contributed by atoms with Crippen LogP contribution in [0.3, 0.4) is 0 Å². The molecule has 1 aliphatic heterocycles. The lowest BCUT2D eigenvalue weighted by Crippen LogP contribution is -2.43. The first-order valence-electron chi connectivity index (χ1n) is 6.34. The Balaban J connectivity index is 1.95. The van der Waals surface area contributed by atoms with E-state index in [1.165, 1.54) is 0 Å². The highest BCUT2D eigenvalue weighted by molar-refractivity contribution is 6.39. The van der Waals surface area contributed by atoms with E-state index in [1.54, 1.807) is 12.1 Å². The summed E-state index contributed by atoms with van der Waals surface area (Å²) in [7, 11) is 2.11. The first-order valence-corrected chi connectivity index (χ1v) is 6.34. The van der Waals surface area contributed by atoms with Gasteiger partial charge in [-0.05, 0) is 12.6 Å². The minimum Gasteiger partial charge on any atom is -0.475 e. The minimum absolute atomic E-state index is 0.231. The maximum atomic E-state index is 11.3. The Kier molecular flexibility index (Phi) is 4.29. The predicted molar refractivity (Wildman–Crippen MR) is 71.2 cm³/mol. The topological polar surface area (TPSA) is 60.9 Å². The summed E-state index contributed by atoms with van der Waals surface area (Å²) in [5.41, 5.74) is 1.33. The molecular formula is C14H18N2O3. The Bertz CT molecular complexity index is 462. The second-order valence-corrected chi connectivity index (χ2v) is 4.91. The first kappa shape index (κ1) is 13.7. The summed E-state index contributed by atoms with van der Waals surface area (Å²) in [6, 6.07) is 6.83. The molecule has 0 saturated carbocycles. The van der Waals surface area contributed by atoms with E-state index in [4.69, 9.17) is 5.11 Å². The molecule has 1 N–H and O–H groups in total. The average molecular weight is 262 g/mol. The van der Waals surface area contributed by atoms with Crippen molar-refractivity contribution >= 4 is 11.8 Å². The van der Waals surface area contributed by atoms with Crippen molar-refractivity contribution in [3.8, 4) is 0 Å². The van der Waals surface area contributed by atoms with E-state index in [1.807, 2.05) is 12.1 Å². The molecule has 0 radical (unpaired) electrons. The molecule has 0 spiro atoms. The molecule has 0 aromatic heterocycles. The van der Waals surface area contributed by atoms with E-state index >= 15 is 0 Å². The Morgan fingerprint density at radius 3 is 2.21 bits per heavy atom. The molecule has 0 atom stereocenters. The van der Waals surface area contributed by atoms with Crippen molar-refractivity contribution < 1.29 is 14.7 Å². The predicted octanol–water partition coefficient (Wildman–Crippen LogP) is 0.701. The fourth-order valence-corrected chi connectivity index (χ4v) is 2.15. The highest BCUT2D eigenvalue weighted by atomic mass is 16.4. The fraction of sp³-hybridized carbons (Fsp3) is 0.429. The van der Waals surface area contributed by atoms with Gasteiger partial charge < -0.3 is 10.0 Å². The minimum atomic E-state index is -1.41. The zero-order valence-electron chi connectivity index (χ0n) is 11.0. The van der Waals surface area contributed by atoms with Crippen LogP contribution < -0.4 is 0 Å². The quantitative estimate of drug-likeness (QED) is 0.639. The van der Waals surface area contributed by atoms with Gasteiger partial charge >= 0.3 is 5.97 Å². The molecule has 19 heavy (non-hydrogen) atoms. The maximum absolute atomic E-state index is 11.3. The molecule has 0 amide bonds. The largest absolute Gasteiger partial charge is 0.475 e. The van der Waals surface area contributed by atoms with Gasteiger partial charge in [0, 0.05) is 38.3 Å². The van der Waals surface area contributed by atoms with Crippen molar-refractivity contribution in [2.45, 2.75) is 6.54 Å². The van der Waals surface area contributed by atoms with Crippen molar-refractivity contribution in [2.24, 2.45) is 0 Å².